The van der Waals surface area contributed by atoms with Crippen LogP contribution in [0.25, 0.3) is 16.9 Å². The number of aromatic nitrogens is 4. The SMILES string of the molecule is O=C(Nc1ccccc1-c1ccccc1)c1ccc(-n2ccnc2)nn1. The number of benzene rings is 2. The van der Waals surface area contributed by atoms with Gasteiger partial charge in [-0.05, 0) is 23.8 Å². The number of imidazole rings is 1. The number of amides is 1. The number of nitrogens with one attached hydrogen (secondary N) is 1. The van der Waals surface area contributed by atoms with Gasteiger partial charge in [0, 0.05) is 23.6 Å². The molecular weight excluding hydrogens is 326 g/mol. The van der Waals surface area contributed by atoms with Crippen LogP contribution in [0.1, 0.15) is 10.5 Å². The lowest BCUT2D eigenvalue weighted by atomic mass is 10.0. The van der Waals surface area contributed by atoms with Crippen LogP contribution in [0.3, 0.4) is 0 Å². The van der Waals surface area contributed by atoms with E-state index in [1.54, 1.807) is 35.4 Å². The molecule has 6 heteroatoms. The highest BCUT2D eigenvalue weighted by atomic mass is 16.1. The van der Waals surface area contributed by atoms with Crippen molar-refractivity contribution in [2.24, 2.45) is 0 Å². The maximum atomic E-state index is 12.6. The molecule has 0 aliphatic rings. The molecule has 0 atom stereocenters. The summed E-state index contributed by atoms with van der Waals surface area (Å²) in [7, 11) is 0. The number of anilines is 1. The second-order valence-corrected chi connectivity index (χ2v) is 5.61. The quantitative estimate of drug-likeness (QED) is 0.616. The third-order valence-electron chi connectivity index (χ3n) is 3.91. The number of carbonyl (C=O) groups excluding carboxylic acids is 1. The van der Waals surface area contributed by atoms with E-state index in [1.807, 2.05) is 54.6 Å². The van der Waals surface area contributed by atoms with Crippen LogP contribution in [0.4, 0.5) is 5.69 Å². The van der Waals surface area contributed by atoms with E-state index in [0.717, 1.165) is 16.8 Å². The van der Waals surface area contributed by atoms with Crippen molar-refractivity contribution in [1.82, 2.24) is 19.7 Å². The molecule has 126 valence electrons. The predicted octanol–water partition coefficient (Wildman–Crippen LogP) is 3.58. The van der Waals surface area contributed by atoms with Crippen molar-refractivity contribution in [2.45, 2.75) is 0 Å². The Morgan fingerprint density at radius 3 is 2.42 bits per heavy atom. The highest BCUT2D eigenvalue weighted by Crippen LogP contribution is 2.27. The molecule has 0 aliphatic carbocycles. The Labute approximate surface area is 150 Å². The van der Waals surface area contributed by atoms with Gasteiger partial charge in [0.15, 0.2) is 11.5 Å². The average molecular weight is 341 g/mol. The number of hydrogen-bond donors (Lipinski definition) is 1. The lowest BCUT2D eigenvalue weighted by molar-refractivity contribution is 0.102. The first kappa shape index (κ1) is 15.7. The molecule has 0 fully saturated rings. The molecule has 2 heterocycles. The summed E-state index contributed by atoms with van der Waals surface area (Å²) in [6.45, 7) is 0. The van der Waals surface area contributed by atoms with Crippen LogP contribution in [-0.2, 0) is 0 Å². The Morgan fingerprint density at radius 1 is 0.885 bits per heavy atom. The van der Waals surface area contributed by atoms with Crippen molar-refractivity contribution < 1.29 is 4.79 Å². The third kappa shape index (κ3) is 3.21. The van der Waals surface area contributed by atoms with E-state index < -0.39 is 0 Å². The molecule has 26 heavy (non-hydrogen) atoms. The molecule has 1 N–H and O–H groups in total. The Kier molecular flexibility index (Phi) is 4.22. The number of para-hydroxylation sites is 1. The van der Waals surface area contributed by atoms with E-state index in [9.17, 15) is 4.79 Å². The van der Waals surface area contributed by atoms with Crippen LogP contribution in [0.15, 0.2) is 85.5 Å². The second-order valence-electron chi connectivity index (χ2n) is 5.61. The lowest BCUT2D eigenvalue weighted by Gasteiger charge is -2.11. The summed E-state index contributed by atoms with van der Waals surface area (Å²) in [6.07, 6.45) is 5.04. The Hall–Kier alpha value is -3.80. The largest absolute Gasteiger partial charge is 0.320 e. The molecule has 1 amide bonds. The van der Waals surface area contributed by atoms with Gasteiger partial charge in [0.2, 0.25) is 0 Å². The monoisotopic (exact) mass is 341 g/mol. The fourth-order valence-electron chi connectivity index (χ4n) is 2.63. The van der Waals surface area contributed by atoms with Gasteiger partial charge in [-0.25, -0.2) is 4.98 Å². The average Bonchev–Trinajstić information content (AvgIpc) is 3.24. The second kappa shape index (κ2) is 6.98. The highest BCUT2D eigenvalue weighted by Gasteiger charge is 2.12. The van der Waals surface area contributed by atoms with Crippen LogP contribution in [0.2, 0.25) is 0 Å². The molecule has 0 bridgehead atoms. The maximum Gasteiger partial charge on any atom is 0.276 e. The molecular formula is C20H15N5O. The van der Waals surface area contributed by atoms with Gasteiger partial charge in [-0.1, -0.05) is 48.5 Å². The molecule has 0 saturated carbocycles. The Balaban J connectivity index is 1.57. The predicted molar refractivity (Wildman–Crippen MR) is 99.0 cm³/mol. The van der Waals surface area contributed by atoms with Gasteiger partial charge < -0.3 is 5.32 Å². The summed E-state index contributed by atoms with van der Waals surface area (Å²) in [5.74, 6) is 0.293. The van der Waals surface area contributed by atoms with Gasteiger partial charge >= 0.3 is 0 Å². The summed E-state index contributed by atoms with van der Waals surface area (Å²) >= 11 is 0. The van der Waals surface area contributed by atoms with Gasteiger partial charge in [-0.2, -0.15) is 0 Å². The van der Waals surface area contributed by atoms with Crippen molar-refractivity contribution in [1.29, 1.82) is 0 Å². The Bertz CT molecular complexity index is 1010. The van der Waals surface area contributed by atoms with E-state index >= 15 is 0 Å². The maximum absolute atomic E-state index is 12.6. The van der Waals surface area contributed by atoms with Gasteiger partial charge in [-0.15, -0.1) is 10.2 Å². The highest BCUT2D eigenvalue weighted by molar-refractivity contribution is 6.05. The van der Waals surface area contributed by atoms with Crippen molar-refractivity contribution >= 4 is 11.6 Å². The number of rotatable bonds is 4. The molecule has 4 aromatic rings. The van der Waals surface area contributed by atoms with Crippen molar-refractivity contribution in [3.05, 3.63) is 91.1 Å². The molecule has 0 radical (unpaired) electrons. The van der Waals surface area contributed by atoms with Crippen LogP contribution in [0.5, 0.6) is 0 Å². The van der Waals surface area contributed by atoms with Gasteiger partial charge in [0.25, 0.3) is 5.91 Å². The van der Waals surface area contributed by atoms with Crippen molar-refractivity contribution in [2.75, 3.05) is 5.32 Å². The minimum atomic E-state index is -0.307. The van der Waals surface area contributed by atoms with E-state index in [2.05, 4.69) is 20.5 Å². The summed E-state index contributed by atoms with van der Waals surface area (Å²) in [5, 5.41) is 11.0. The molecule has 0 spiro atoms. The zero-order valence-electron chi connectivity index (χ0n) is 13.8. The van der Waals surface area contributed by atoms with E-state index in [-0.39, 0.29) is 11.6 Å². The van der Waals surface area contributed by atoms with E-state index in [4.69, 9.17) is 0 Å². The van der Waals surface area contributed by atoms with Gasteiger partial charge in [0.1, 0.15) is 6.33 Å². The van der Waals surface area contributed by atoms with E-state index in [0.29, 0.717) is 5.82 Å². The molecule has 4 rings (SSSR count). The number of nitrogens with zero attached hydrogens (tertiary/aromatic N) is 4. The minimum absolute atomic E-state index is 0.247. The summed E-state index contributed by atoms with van der Waals surface area (Å²) < 4.78 is 1.72. The van der Waals surface area contributed by atoms with Crippen molar-refractivity contribution in [3.8, 4) is 16.9 Å². The fraction of sp³-hybridized carbons (Fsp3) is 0. The molecule has 2 aromatic carbocycles. The molecule has 2 aromatic heterocycles. The number of carbonyl (C=O) groups is 1. The lowest BCUT2D eigenvalue weighted by Crippen LogP contribution is -2.15. The smallest absolute Gasteiger partial charge is 0.276 e. The fourth-order valence-corrected chi connectivity index (χ4v) is 2.63. The van der Waals surface area contributed by atoms with Gasteiger partial charge in [-0.3, -0.25) is 9.36 Å². The van der Waals surface area contributed by atoms with Crippen LogP contribution in [0, 0.1) is 0 Å². The van der Waals surface area contributed by atoms with Crippen LogP contribution in [-0.4, -0.2) is 25.7 Å². The minimum Gasteiger partial charge on any atom is -0.320 e. The molecule has 6 nitrogen and oxygen atoms in total. The van der Waals surface area contributed by atoms with Crippen molar-refractivity contribution in [3.63, 3.8) is 0 Å². The zero-order chi connectivity index (χ0) is 17.8. The first-order chi connectivity index (χ1) is 12.8. The normalized spacial score (nSPS) is 10.5. The standard InChI is InChI=1S/C20H15N5O/c26-20(18-10-11-19(24-23-18)25-13-12-21-14-25)22-17-9-5-4-8-16(17)15-6-2-1-3-7-15/h1-14H,(H,22,26). The summed E-state index contributed by atoms with van der Waals surface area (Å²) in [4.78, 5) is 16.5. The molecule has 0 saturated heterocycles. The first-order valence-corrected chi connectivity index (χ1v) is 8.09. The summed E-state index contributed by atoms with van der Waals surface area (Å²) in [5.41, 5.74) is 2.95. The van der Waals surface area contributed by atoms with Gasteiger partial charge in [0.05, 0.1) is 0 Å². The zero-order valence-corrected chi connectivity index (χ0v) is 13.8. The first-order valence-electron chi connectivity index (χ1n) is 8.09. The number of hydrogen-bond acceptors (Lipinski definition) is 4. The molecule has 0 aliphatic heterocycles. The topological polar surface area (TPSA) is 72.7 Å². The summed E-state index contributed by atoms with van der Waals surface area (Å²) in [6, 6.07) is 20.9. The van der Waals surface area contributed by atoms with Crippen LogP contribution < -0.4 is 5.32 Å². The molecule has 0 unspecified atom stereocenters. The third-order valence-corrected chi connectivity index (χ3v) is 3.91. The van der Waals surface area contributed by atoms with Crippen LogP contribution >= 0.6 is 0 Å². The Morgan fingerprint density at radius 2 is 1.69 bits per heavy atom. The van der Waals surface area contributed by atoms with E-state index in [1.165, 1.54) is 0 Å².